The summed E-state index contributed by atoms with van der Waals surface area (Å²) < 4.78 is 0. The number of aromatic nitrogens is 1. The minimum atomic E-state index is 0.136. The van der Waals surface area contributed by atoms with Gasteiger partial charge in [0, 0.05) is 11.6 Å². The molecule has 0 fully saturated rings. The Morgan fingerprint density at radius 3 is 2.78 bits per heavy atom. The van der Waals surface area contributed by atoms with E-state index in [1.807, 2.05) is 44.2 Å². The molecule has 0 bridgehead atoms. The molecule has 0 spiro atoms. The second-order valence-corrected chi connectivity index (χ2v) is 3.59. The van der Waals surface area contributed by atoms with Crippen LogP contribution in [0.2, 0.25) is 0 Å². The Morgan fingerprint density at radius 1 is 1.33 bits per heavy atom. The van der Waals surface area contributed by atoms with E-state index in [4.69, 9.17) is 5.73 Å². The SMILES string of the molecule is CC.NC(=S)NN=Cc1nccc2ccccc12. The molecule has 94 valence electrons. The number of hydrogen-bond donors (Lipinski definition) is 2. The van der Waals surface area contributed by atoms with Crippen molar-refractivity contribution in [3.63, 3.8) is 0 Å². The summed E-state index contributed by atoms with van der Waals surface area (Å²) in [7, 11) is 0. The monoisotopic (exact) mass is 260 g/mol. The molecule has 0 aliphatic heterocycles. The van der Waals surface area contributed by atoms with Crippen molar-refractivity contribution in [1.82, 2.24) is 10.4 Å². The topological polar surface area (TPSA) is 63.3 Å². The first-order chi connectivity index (χ1) is 8.77. The lowest BCUT2D eigenvalue weighted by Gasteiger charge is -2.00. The highest BCUT2D eigenvalue weighted by Crippen LogP contribution is 2.14. The second kappa shape index (κ2) is 7.34. The molecule has 0 atom stereocenters. The lowest BCUT2D eigenvalue weighted by atomic mass is 10.1. The summed E-state index contributed by atoms with van der Waals surface area (Å²) in [5, 5.41) is 6.18. The van der Waals surface area contributed by atoms with Gasteiger partial charge in [-0.15, -0.1) is 0 Å². The van der Waals surface area contributed by atoms with Crippen LogP contribution in [0.15, 0.2) is 41.6 Å². The molecule has 0 saturated heterocycles. The van der Waals surface area contributed by atoms with Crippen molar-refractivity contribution in [3.05, 3.63) is 42.2 Å². The van der Waals surface area contributed by atoms with Gasteiger partial charge in [-0.25, -0.2) is 0 Å². The van der Waals surface area contributed by atoms with E-state index in [1.165, 1.54) is 0 Å². The zero-order valence-corrected chi connectivity index (χ0v) is 11.2. The molecular weight excluding hydrogens is 244 g/mol. The number of rotatable bonds is 2. The van der Waals surface area contributed by atoms with Gasteiger partial charge in [0.05, 0.1) is 11.9 Å². The number of nitrogens with two attached hydrogens (primary N) is 1. The molecule has 2 rings (SSSR count). The quantitative estimate of drug-likeness (QED) is 0.494. The van der Waals surface area contributed by atoms with Gasteiger partial charge in [0.15, 0.2) is 5.11 Å². The summed E-state index contributed by atoms with van der Waals surface area (Å²) in [6.45, 7) is 4.00. The first kappa shape index (κ1) is 14.1. The van der Waals surface area contributed by atoms with Crippen molar-refractivity contribution in [2.24, 2.45) is 10.8 Å². The molecule has 1 aromatic carbocycles. The summed E-state index contributed by atoms with van der Waals surface area (Å²) in [6.07, 6.45) is 3.34. The van der Waals surface area contributed by atoms with Crippen molar-refractivity contribution >= 4 is 34.3 Å². The van der Waals surface area contributed by atoms with Crippen LogP contribution in [-0.4, -0.2) is 16.3 Å². The summed E-state index contributed by atoms with van der Waals surface area (Å²) in [5.74, 6) is 0. The van der Waals surface area contributed by atoms with Crippen LogP contribution >= 0.6 is 12.2 Å². The Labute approximate surface area is 112 Å². The van der Waals surface area contributed by atoms with Gasteiger partial charge in [0.25, 0.3) is 0 Å². The smallest absolute Gasteiger partial charge is 0.184 e. The minimum Gasteiger partial charge on any atom is -0.375 e. The largest absolute Gasteiger partial charge is 0.375 e. The van der Waals surface area contributed by atoms with Gasteiger partial charge in [0.1, 0.15) is 0 Å². The Bertz CT molecular complexity index is 546. The van der Waals surface area contributed by atoms with Gasteiger partial charge in [0.2, 0.25) is 0 Å². The van der Waals surface area contributed by atoms with E-state index < -0.39 is 0 Å². The molecule has 4 nitrogen and oxygen atoms in total. The molecule has 0 saturated carbocycles. The van der Waals surface area contributed by atoms with Crippen molar-refractivity contribution in [1.29, 1.82) is 0 Å². The van der Waals surface area contributed by atoms with E-state index in [2.05, 4.69) is 27.7 Å². The minimum absolute atomic E-state index is 0.136. The molecule has 1 aromatic heterocycles. The van der Waals surface area contributed by atoms with Gasteiger partial charge < -0.3 is 5.73 Å². The number of nitrogens with one attached hydrogen (secondary N) is 1. The van der Waals surface area contributed by atoms with E-state index >= 15 is 0 Å². The van der Waals surface area contributed by atoms with Crippen LogP contribution in [0.5, 0.6) is 0 Å². The third-order valence-electron chi connectivity index (χ3n) is 2.07. The molecule has 0 aliphatic carbocycles. The Morgan fingerprint density at radius 2 is 2.06 bits per heavy atom. The predicted octanol–water partition coefficient (Wildman–Crippen LogP) is 2.43. The van der Waals surface area contributed by atoms with Gasteiger partial charge in [-0.1, -0.05) is 38.1 Å². The number of benzene rings is 1. The molecule has 0 aliphatic rings. The standard InChI is InChI=1S/C11H10N4S.C2H6/c12-11(16)15-14-7-10-9-4-2-1-3-8(9)5-6-13-10;1-2/h1-7H,(H3,12,15,16);1-2H3. The molecule has 18 heavy (non-hydrogen) atoms. The highest BCUT2D eigenvalue weighted by molar-refractivity contribution is 7.80. The zero-order valence-electron chi connectivity index (χ0n) is 10.4. The molecule has 1 heterocycles. The van der Waals surface area contributed by atoms with Crippen LogP contribution in [0.25, 0.3) is 10.8 Å². The summed E-state index contributed by atoms with van der Waals surface area (Å²) in [5.41, 5.74) is 8.53. The van der Waals surface area contributed by atoms with E-state index in [9.17, 15) is 0 Å². The second-order valence-electron chi connectivity index (χ2n) is 3.15. The number of fused-ring (bicyclic) bond motifs is 1. The van der Waals surface area contributed by atoms with Crippen LogP contribution in [0.4, 0.5) is 0 Å². The normalized spacial score (nSPS) is 9.89. The maximum absolute atomic E-state index is 5.26. The molecular formula is C13H16N4S. The van der Waals surface area contributed by atoms with Crippen LogP contribution in [-0.2, 0) is 0 Å². The maximum atomic E-state index is 5.26. The molecule has 0 radical (unpaired) electrons. The van der Waals surface area contributed by atoms with Crippen molar-refractivity contribution < 1.29 is 0 Å². The zero-order chi connectivity index (χ0) is 13.4. The van der Waals surface area contributed by atoms with Crippen molar-refractivity contribution in [2.75, 3.05) is 0 Å². The van der Waals surface area contributed by atoms with Gasteiger partial charge in [-0.3, -0.25) is 10.4 Å². The van der Waals surface area contributed by atoms with Gasteiger partial charge >= 0.3 is 0 Å². The van der Waals surface area contributed by atoms with Crippen molar-refractivity contribution in [3.8, 4) is 0 Å². The Hall–Kier alpha value is -2.01. The maximum Gasteiger partial charge on any atom is 0.184 e. The third-order valence-corrected chi connectivity index (χ3v) is 2.16. The summed E-state index contributed by atoms with van der Waals surface area (Å²) in [6, 6.07) is 9.91. The van der Waals surface area contributed by atoms with E-state index in [-0.39, 0.29) is 5.11 Å². The average Bonchev–Trinajstić information content (AvgIpc) is 2.41. The van der Waals surface area contributed by atoms with Crippen LogP contribution < -0.4 is 11.2 Å². The first-order valence-corrected chi connectivity index (χ1v) is 6.10. The fourth-order valence-corrected chi connectivity index (χ4v) is 1.46. The molecule has 0 unspecified atom stereocenters. The fourth-order valence-electron chi connectivity index (χ4n) is 1.40. The number of nitrogens with zero attached hydrogens (tertiary/aromatic N) is 2. The Balaban J connectivity index is 0.000000771. The lowest BCUT2D eigenvalue weighted by Crippen LogP contribution is -2.24. The highest BCUT2D eigenvalue weighted by Gasteiger charge is 1.97. The van der Waals surface area contributed by atoms with E-state index in [1.54, 1.807) is 12.4 Å². The Kier molecular flexibility index (Phi) is 5.73. The average molecular weight is 260 g/mol. The predicted molar refractivity (Wildman–Crippen MR) is 80.6 cm³/mol. The van der Waals surface area contributed by atoms with Crippen molar-refractivity contribution in [2.45, 2.75) is 13.8 Å². The summed E-state index contributed by atoms with van der Waals surface area (Å²) >= 11 is 4.64. The molecule has 0 amide bonds. The number of hydrogen-bond acceptors (Lipinski definition) is 3. The fraction of sp³-hybridized carbons (Fsp3) is 0.154. The molecule has 5 heteroatoms. The lowest BCUT2D eigenvalue weighted by molar-refractivity contribution is 1.04. The highest BCUT2D eigenvalue weighted by atomic mass is 32.1. The van der Waals surface area contributed by atoms with Crippen LogP contribution in [0.3, 0.4) is 0 Å². The van der Waals surface area contributed by atoms with Crippen LogP contribution in [0.1, 0.15) is 19.5 Å². The van der Waals surface area contributed by atoms with Gasteiger partial charge in [-0.05, 0) is 23.7 Å². The number of thiocarbonyl (C=S) groups is 1. The number of pyridine rings is 1. The van der Waals surface area contributed by atoms with Crippen LogP contribution in [0, 0.1) is 0 Å². The van der Waals surface area contributed by atoms with E-state index in [0.717, 1.165) is 16.5 Å². The summed E-state index contributed by atoms with van der Waals surface area (Å²) in [4.78, 5) is 4.23. The third kappa shape index (κ3) is 3.78. The number of hydrazone groups is 1. The molecule has 3 N–H and O–H groups in total. The van der Waals surface area contributed by atoms with E-state index in [0.29, 0.717) is 0 Å². The molecule has 2 aromatic rings. The first-order valence-electron chi connectivity index (χ1n) is 5.69. The van der Waals surface area contributed by atoms with Gasteiger partial charge in [-0.2, -0.15) is 5.10 Å².